The summed E-state index contributed by atoms with van der Waals surface area (Å²) >= 11 is 0. The van der Waals surface area contributed by atoms with E-state index in [1.807, 2.05) is 6.92 Å². The molecule has 1 saturated carbocycles. The predicted molar refractivity (Wildman–Crippen MR) is 62.3 cm³/mol. The lowest BCUT2D eigenvalue weighted by molar-refractivity contribution is 0.0690. The molecule has 2 rings (SSSR count). The Kier molecular flexibility index (Phi) is 3.26. The van der Waals surface area contributed by atoms with Crippen molar-refractivity contribution in [2.45, 2.75) is 45.1 Å². The van der Waals surface area contributed by atoms with Gasteiger partial charge < -0.3 is 5.11 Å². The van der Waals surface area contributed by atoms with Crippen molar-refractivity contribution in [3.63, 3.8) is 0 Å². The molecular formula is C12H16N2O3. The summed E-state index contributed by atoms with van der Waals surface area (Å²) in [4.78, 5) is 27.4. The highest BCUT2D eigenvalue weighted by Gasteiger charge is 2.28. The topological polar surface area (TPSA) is 72.2 Å². The van der Waals surface area contributed by atoms with Gasteiger partial charge in [0.15, 0.2) is 0 Å². The third kappa shape index (κ3) is 2.09. The minimum atomic E-state index is -1.16. The number of carbonyl (C=O) groups is 1. The molecule has 1 fully saturated rings. The minimum absolute atomic E-state index is 0.134. The fourth-order valence-electron chi connectivity index (χ4n) is 2.09. The first-order valence-electron chi connectivity index (χ1n) is 5.97. The van der Waals surface area contributed by atoms with Crippen molar-refractivity contribution in [1.82, 2.24) is 9.55 Å². The Balaban J connectivity index is 2.50. The molecule has 0 spiro atoms. The molecule has 5 heteroatoms. The first-order chi connectivity index (χ1) is 8.15. The van der Waals surface area contributed by atoms with Crippen molar-refractivity contribution >= 4 is 5.97 Å². The van der Waals surface area contributed by atoms with Crippen LogP contribution >= 0.6 is 0 Å². The van der Waals surface area contributed by atoms with E-state index in [1.165, 1.54) is 10.9 Å². The van der Waals surface area contributed by atoms with Gasteiger partial charge in [0, 0.05) is 12.5 Å². The standard InChI is InChI=1S/C12H16N2O3/c1-2-6-14-7-13-10(8-4-3-5-8)9(11(14)15)12(16)17/h7-8H,2-6H2,1H3,(H,16,17). The second kappa shape index (κ2) is 4.69. The predicted octanol–water partition coefficient (Wildman–Crippen LogP) is 1.62. The van der Waals surface area contributed by atoms with Crippen molar-refractivity contribution in [2.75, 3.05) is 0 Å². The Hall–Kier alpha value is -1.65. The Morgan fingerprint density at radius 2 is 2.29 bits per heavy atom. The molecule has 92 valence electrons. The zero-order valence-corrected chi connectivity index (χ0v) is 9.85. The second-order valence-corrected chi connectivity index (χ2v) is 4.44. The van der Waals surface area contributed by atoms with Crippen LogP contribution in [0.1, 0.15) is 54.6 Å². The van der Waals surface area contributed by atoms with Crippen molar-refractivity contribution in [3.8, 4) is 0 Å². The highest BCUT2D eigenvalue weighted by molar-refractivity contribution is 5.88. The zero-order valence-electron chi connectivity index (χ0n) is 9.85. The summed E-state index contributed by atoms with van der Waals surface area (Å²) in [7, 11) is 0. The van der Waals surface area contributed by atoms with Crippen LogP contribution in [-0.2, 0) is 6.54 Å². The Labute approximate surface area is 99.1 Å². The Morgan fingerprint density at radius 3 is 2.76 bits per heavy atom. The molecule has 0 saturated heterocycles. The average molecular weight is 236 g/mol. The molecule has 0 aromatic carbocycles. The number of aromatic nitrogens is 2. The van der Waals surface area contributed by atoms with Crippen LogP contribution in [0.3, 0.4) is 0 Å². The van der Waals surface area contributed by atoms with Crippen LogP contribution in [0.25, 0.3) is 0 Å². The van der Waals surface area contributed by atoms with Gasteiger partial charge in [0.25, 0.3) is 5.56 Å². The molecule has 1 aliphatic rings. The molecule has 0 radical (unpaired) electrons. The highest BCUT2D eigenvalue weighted by atomic mass is 16.4. The Morgan fingerprint density at radius 1 is 1.59 bits per heavy atom. The molecule has 1 heterocycles. The number of rotatable bonds is 4. The largest absolute Gasteiger partial charge is 0.477 e. The van der Waals surface area contributed by atoms with Gasteiger partial charge in [0.05, 0.1) is 12.0 Å². The number of carboxylic acid groups (broad SMARTS) is 1. The maximum Gasteiger partial charge on any atom is 0.343 e. The molecule has 1 aromatic heterocycles. The summed E-state index contributed by atoms with van der Waals surface area (Å²) in [5.74, 6) is -1.00. The lowest BCUT2D eigenvalue weighted by atomic mass is 9.81. The molecule has 0 bridgehead atoms. The van der Waals surface area contributed by atoms with E-state index in [4.69, 9.17) is 5.11 Å². The molecule has 17 heavy (non-hydrogen) atoms. The summed E-state index contributed by atoms with van der Waals surface area (Å²) in [5.41, 5.74) is -0.0806. The summed E-state index contributed by atoms with van der Waals surface area (Å²) in [6.45, 7) is 2.45. The van der Waals surface area contributed by atoms with Crippen molar-refractivity contribution in [2.24, 2.45) is 0 Å². The number of aromatic carboxylic acids is 1. The molecule has 0 unspecified atom stereocenters. The monoisotopic (exact) mass is 236 g/mol. The van der Waals surface area contributed by atoms with Crippen LogP contribution in [0, 0.1) is 0 Å². The number of hydrogen-bond acceptors (Lipinski definition) is 3. The molecule has 0 aliphatic heterocycles. The van der Waals surface area contributed by atoms with Crippen LogP contribution in [-0.4, -0.2) is 20.6 Å². The molecular weight excluding hydrogens is 220 g/mol. The molecule has 1 aliphatic carbocycles. The molecule has 5 nitrogen and oxygen atoms in total. The van der Waals surface area contributed by atoms with E-state index in [0.717, 1.165) is 25.7 Å². The van der Waals surface area contributed by atoms with Gasteiger partial charge in [-0.05, 0) is 19.3 Å². The molecule has 1 aromatic rings. The summed E-state index contributed by atoms with van der Waals surface area (Å²) in [6, 6.07) is 0. The van der Waals surface area contributed by atoms with Crippen LogP contribution < -0.4 is 5.56 Å². The molecule has 1 N–H and O–H groups in total. The lowest BCUT2D eigenvalue weighted by Crippen LogP contribution is -2.31. The Bertz CT molecular complexity index is 489. The number of aryl methyl sites for hydroxylation is 1. The van der Waals surface area contributed by atoms with E-state index in [0.29, 0.717) is 12.2 Å². The number of hydrogen-bond donors (Lipinski definition) is 1. The molecule has 0 amide bonds. The smallest absolute Gasteiger partial charge is 0.343 e. The summed E-state index contributed by atoms with van der Waals surface area (Å²) in [6.07, 6.45) is 5.22. The van der Waals surface area contributed by atoms with Crippen LogP contribution in [0.2, 0.25) is 0 Å². The SMILES string of the molecule is CCCn1cnc(C2CCC2)c(C(=O)O)c1=O. The fourth-order valence-corrected chi connectivity index (χ4v) is 2.09. The zero-order chi connectivity index (χ0) is 12.4. The van der Waals surface area contributed by atoms with Crippen LogP contribution in [0.5, 0.6) is 0 Å². The summed E-state index contributed by atoms with van der Waals surface area (Å²) < 4.78 is 1.38. The van der Waals surface area contributed by atoms with E-state index in [9.17, 15) is 9.59 Å². The minimum Gasteiger partial charge on any atom is -0.477 e. The van der Waals surface area contributed by atoms with E-state index in [-0.39, 0.29) is 11.5 Å². The highest BCUT2D eigenvalue weighted by Crippen LogP contribution is 2.35. The van der Waals surface area contributed by atoms with Gasteiger partial charge in [-0.1, -0.05) is 13.3 Å². The van der Waals surface area contributed by atoms with Gasteiger partial charge in [-0.2, -0.15) is 0 Å². The maximum absolute atomic E-state index is 12.0. The maximum atomic E-state index is 12.0. The first kappa shape index (κ1) is 11.8. The number of carboxylic acids is 1. The van der Waals surface area contributed by atoms with Crippen molar-refractivity contribution < 1.29 is 9.90 Å². The third-order valence-corrected chi connectivity index (χ3v) is 3.24. The summed E-state index contributed by atoms with van der Waals surface area (Å²) in [5, 5.41) is 9.15. The van der Waals surface area contributed by atoms with Crippen molar-refractivity contribution in [3.05, 3.63) is 27.9 Å². The van der Waals surface area contributed by atoms with Gasteiger partial charge in [0.1, 0.15) is 5.56 Å². The van der Waals surface area contributed by atoms with E-state index in [1.54, 1.807) is 0 Å². The normalized spacial score (nSPS) is 15.6. The third-order valence-electron chi connectivity index (χ3n) is 3.24. The van der Waals surface area contributed by atoms with Crippen molar-refractivity contribution in [1.29, 1.82) is 0 Å². The van der Waals surface area contributed by atoms with Crippen LogP contribution in [0.4, 0.5) is 0 Å². The lowest BCUT2D eigenvalue weighted by Gasteiger charge is -2.25. The quantitative estimate of drug-likeness (QED) is 0.862. The number of nitrogens with zero attached hydrogens (tertiary/aromatic N) is 2. The van der Waals surface area contributed by atoms with Crippen LogP contribution in [0.15, 0.2) is 11.1 Å². The first-order valence-corrected chi connectivity index (χ1v) is 5.97. The average Bonchev–Trinajstić information content (AvgIpc) is 2.19. The van der Waals surface area contributed by atoms with Gasteiger partial charge in [0.2, 0.25) is 0 Å². The van der Waals surface area contributed by atoms with Gasteiger partial charge in [-0.3, -0.25) is 9.36 Å². The van der Waals surface area contributed by atoms with E-state index < -0.39 is 11.5 Å². The molecule has 0 atom stereocenters. The van der Waals surface area contributed by atoms with Gasteiger partial charge in [-0.25, -0.2) is 9.78 Å². The van der Waals surface area contributed by atoms with E-state index in [2.05, 4.69) is 4.98 Å². The van der Waals surface area contributed by atoms with E-state index >= 15 is 0 Å². The fraction of sp³-hybridized carbons (Fsp3) is 0.583. The van der Waals surface area contributed by atoms with Gasteiger partial charge >= 0.3 is 5.97 Å². The van der Waals surface area contributed by atoms with Gasteiger partial charge in [-0.15, -0.1) is 0 Å². The second-order valence-electron chi connectivity index (χ2n) is 4.44.